The number of benzene rings is 1. The first-order chi connectivity index (χ1) is 11.3. The lowest BCUT2D eigenvalue weighted by Gasteiger charge is -2.34. The number of nitrogens with zero attached hydrogens (tertiary/aromatic N) is 2. The van der Waals surface area contributed by atoms with Crippen LogP contribution < -0.4 is 0 Å². The van der Waals surface area contributed by atoms with Gasteiger partial charge in [0.25, 0.3) is 0 Å². The second kappa shape index (κ2) is 7.69. The maximum absolute atomic E-state index is 12.6. The van der Waals surface area contributed by atoms with Gasteiger partial charge in [-0.05, 0) is 39.2 Å². The van der Waals surface area contributed by atoms with Crippen molar-refractivity contribution in [3.63, 3.8) is 0 Å². The number of ether oxygens (including phenoxy) is 1. The second-order valence-corrected chi connectivity index (χ2v) is 7.42. The Balaban J connectivity index is 1.83. The van der Waals surface area contributed by atoms with E-state index in [2.05, 4.69) is 0 Å². The van der Waals surface area contributed by atoms with Gasteiger partial charge in [0.2, 0.25) is 5.91 Å². The normalized spacial score (nSPS) is 15.9. The molecule has 0 N–H and O–H groups in total. The number of piperidine rings is 1. The van der Waals surface area contributed by atoms with Gasteiger partial charge in [-0.2, -0.15) is 0 Å². The summed E-state index contributed by atoms with van der Waals surface area (Å²) in [7, 11) is 1.84. The SMILES string of the molecule is CN(Cc1ccccc1)C(=O)C1CCN(C(=O)OC(C)(C)C)CC1. The molecule has 24 heavy (non-hydrogen) atoms. The van der Waals surface area contributed by atoms with Crippen LogP contribution in [0.25, 0.3) is 0 Å². The van der Waals surface area contributed by atoms with Crippen LogP contribution in [0.1, 0.15) is 39.2 Å². The molecule has 0 unspecified atom stereocenters. The van der Waals surface area contributed by atoms with Gasteiger partial charge in [-0.15, -0.1) is 0 Å². The number of hydrogen-bond donors (Lipinski definition) is 0. The Bertz CT molecular complexity index is 558. The minimum atomic E-state index is -0.486. The monoisotopic (exact) mass is 332 g/mol. The number of hydrogen-bond acceptors (Lipinski definition) is 3. The summed E-state index contributed by atoms with van der Waals surface area (Å²) < 4.78 is 5.39. The van der Waals surface area contributed by atoms with Crippen molar-refractivity contribution in [3.05, 3.63) is 35.9 Å². The Labute approximate surface area is 144 Å². The first-order valence-electron chi connectivity index (χ1n) is 8.53. The molecule has 1 aliphatic rings. The van der Waals surface area contributed by atoms with Crippen molar-refractivity contribution in [2.45, 2.75) is 45.8 Å². The largest absolute Gasteiger partial charge is 0.444 e. The molecule has 1 heterocycles. The zero-order valence-electron chi connectivity index (χ0n) is 15.1. The van der Waals surface area contributed by atoms with E-state index < -0.39 is 5.60 Å². The molecule has 0 aliphatic carbocycles. The number of likely N-dealkylation sites (tertiary alicyclic amines) is 1. The fourth-order valence-corrected chi connectivity index (χ4v) is 2.88. The average molecular weight is 332 g/mol. The van der Waals surface area contributed by atoms with Crippen LogP contribution in [0.15, 0.2) is 30.3 Å². The van der Waals surface area contributed by atoms with Crippen molar-refractivity contribution in [1.29, 1.82) is 0 Å². The van der Waals surface area contributed by atoms with E-state index in [1.54, 1.807) is 9.80 Å². The first kappa shape index (κ1) is 18.3. The lowest BCUT2D eigenvalue weighted by Crippen LogP contribution is -2.45. The molecule has 1 aliphatic heterocycles. The van der Waals surface area contributed by atoms with E-state index in [-0.39, 0.29) is 17.9 Å². The van der Waals surface area contributed by atoms with Crippen molar-refractivity contribution in [2.75, 3.05) is 20.1 Å². The van der Waals surface area contributed by atoms with Gasteiger partial charge in [0.05, 0.1) is 0 Å². The zero-order valence-corrected chi connectivity index (χ0v) is 15.1. The third-order valence-corrected chi connectivity index (χ3v) is 4.13. The highest BCUT2D eigenvalue weighted by atomic mass is 16.6. The summed E-state index contributed by atoms with van der Waals surface area (Å²) in [5.41, 5.74) is 0.638. The van der Waals surface area contributed by atoms with E-state index in [0.29, 0.717) is 32.5 Å². The fraction of sp³-hybridized carbons (Fsp3) is 0.579. The van der Waals surface area contributed by atoms with Crippen molar-refractivity contribution >= 4 is 12.0 Å². The highest BCUT2D eigenvalue weighted by molar-refractivity contribution is 5.79. The maximum atomic E-state index is 12.6. The van der Waals surface area contributed by atoms with Gasteiger partial charge in [-0.25, -0.2) is 4.79 Å². The summed E-state index contributed by atoms with van der Waals surface area (Å²) in [4.78, 5) is 28.2. The molecular formula is C19H28N2O3. The van der Waals surface area contributed by atoms with Crippen LogP contribution in [-0.4, -0.2) is 47.5 Å². The predicted octanol–water partition coefficient (Wildman–Crippen LogP) is 3.29. The van der Waals surface area contributed by atoms with Crippen molar-refractivity contribution in [2.24, 2.45) is 5.92 Å². The highest BCUT2D eigenvalue weighted by Crippen LogP contribution is 2.22. The van der Waals surface area contributed by atoms with E-state index in [4.69, 9.17) is 4.74 Å². The molecule has 0 atom stereocenters. The van der Waals surface area contributed by atoms with Gasteiger partial charge >= 0.3 is 6.09 Å². The van der Waals surface area contributed by atoms with Crippen LogP contribution in [0.2, 0.25) is 0 Å². The molecule has 0 radical (unpaired) electrons. The summed E-state index contributed by atoms with van der Waals surface area (Å²) in [5, 5.41) is 0. The topological polar surface area (TPSA) is 49.9 Å². The molecule has 2 amide bonds. The maximum Gasteiger partial charge on any atom is 0.410 e. The molecular weight excluding hydrogens is 304 g/mol. The first-order valence-corrected chi connectivity index (χ1v) is 8.53. The van der Waals surface area contributed by atoms with Crippen LogP contribution >= 0.6 is 0 Å². The fourth-order valence-electron chi connectivity index (χ4n) is 2.88. The van der Waals surface area contributed by atoms with E-state index in [9.17, 15) is 9.59 Å². The standard InChI is InChI=1S/C19H28N2O3/c1-19(2,3)24-18(23)21-12-10-16(11-13-21)17(22)20(4)14-15-8-6-5-7-9-15/h5-9,16H,10-14H2,1-4H3. The molecule has 2 rings (SSSR count). The van der Waals surface area contributed by atoms with Crippen LogP contribution in [0.4, 0.5) is 4.79 Å². The van der Waals surface area contributed by atoms with Gasteiger partial charge in [0.15, 0.2) is 0 Å². The number of carbonyl (C=O) groups is 2. The summed E-state index contributed by atoms with van der Waals surface area (Å²) >= 11 is 0. The Morgan fingerprint density at radius 2 is 1.75 bits per heavy atom. The lowest BCUT2D eigenvalue weighted by atomic mass is 9.95. The molecule has 1 saturated heterocycles. The molecule has 1 aromatic rings. The van der Waals surface area contributed by atoms with Gasteiger partial charge in [0, 0.05) is 32.6 Å². The van der Waals surface area contributed by atoms with Gasteiger partial charge in [-0.1, -0.05) is 30.3 Å². The van der Waals surface area contributed by atoms with Crippen molar-refractivity contribution < 1.29 is 14.3 Å². The minimum Gasteiger partial charge on any atom is -0.444 e. The van der Waals surface area contributed by atoms with Crippen LogP contribution in [-0.2, 0) is 16.1 Å². The molecule has 5 nitrogen and oxygen atoms in total. The molecule has 1 aromatic carbocycles. The summed E-state index contributed by atoms with van der Waals surface area (Å²) in [5.74, 6) is 0.139. The van der Waals surface area contributed by atoms with Gasteiger partial charge in [0.1, 0.15) is 5.60 Å². The molecule has 0 aromatic heterocycles. The average Bonchev–Trinajstić information content (AvgIpc) is 2.53. The number of rotatable bonds is 3. The Kier molecular flexibility index (Phi) is 5.86. The molecule has 1 fully saturated rings. The Morgan fingerprint density at radius 3 is 2.29 bits per heavy atom. The lowest BCUT2D eigenvalue weighted by molar-refractivity contribution is -0.136. The minimum absolute atomic E-state index is 0.0163. The summed E-state index contributed by atoms with van der Waals surface area (Å²) in [6.45, 7) is 7.35. The molecule has 0 bridgehead atoms. The second-order valence-electron chi connectivity index (χ2n) is 7.42. The Hall–Kier alpha value is -2.04. The van der Waals surface area contributed by atoms with E-state index in [0.717, 1.165) is 5.56 Å². The predicted molar refractivity (Wildman–Crippen MR) is 93.4 cm³/mol. The zero-order chi connectivity index (χ0) is 17.7. The van der Waals surface area contributed by atoms with E-state index in [1.165, 1.54) is 0 Å². The molecule has 0 spiro atoms. The summed E-state index contributed by atoms with van der Waals surface area (Å²) in [6.07, 6.45) is 1.10. The molecule has 132 valence electrons. The third kappa shape index (κ3) is 5.25. The quantitative estimate of drug-likeness (QED) is 0.853. The van der Waals surface area contributed by atoms with Gasteiger partial charge in [-0.3, -0.25) is 4.79 Å². The summed E-state index contributed by atoms with van der Waals surface area (Å²) in [6, 6.07) is 9.97. The molecule has 5 heteroatoms. The number of carbonyl (C=O) groups excluding carboxylic acids is 2. The van der Waals surface area contributed by atoms with Crippen molar-refractivity contribution in [1.82, 2.24) is 9.80 Å². The van der Waals surface area contributed by atoms with Crippen LogP contribution in [0, 0.1) is 5.92 Å². The van der Waals surface area contributed by atoms with Crippen molar-refractivity contribution in [3.8, 4) is 0 Å². The third-order valence-electron chi connectivity index (χ3n) is 4.13. The van der Waals surface area contributed by atoms with Gasteiger partial charge < -0.3 is 14.5 Å². The highest BCUT2D eigenvalue weighted by Gasteiger charge is 2.31. The molecule has 0 saturated carbocycles. The Morgan fingerprint density at radius 1 is 1.17 bits per heavy atom. The van der Waals surface area contributed by atoms with E-state index in [1.807, 2.05) is 58.2 Å². The van der Waals surface area contributed by atoms with Crippen LogP contribution in [0.5, 0.6) is 0 Å². The smallest absolute Gasteiger partial charge is 0.410 e. The number of amides is 2. The van der Waals surface area contributed by atoms with Crippen LogP contribution in [0.3, 0.4) is 0 Å². The van der Waals surface area contributed by atoms with E-state index >= 15 is 0 Å².